The molecular formula is C18H28IN5O. The molecule has 0 unspecified atom stereocenters. The third-order valence-electron chi connectivity index (χ3n) is 3.64. The lowest BCUT2D eigenvalue weighted by Crippen LogP contribution is -2.37. The van der Waals surface area contributed by atoms with E-state index in [1.165, 1.54) is 0 Å². The van der Waals surface area contributed by atoms with Crippen molar-refractivity contribution < 1.29 is 4.74 Å². The summed E-state index contributed by atoms with van der Waals surface area (Å²) in [5.41, 5.74) is 1.09. The number of hydrogen-bond donors (Lipinski definition) is 2. The van der Waals surface area contributed by atoms with Gasteiger partial charge in [-0.3, -0.25) is 4.99 Å². The summed E-state index contributed by atoms with van der Waals surface area (Å²) >= 11 is 0. The Morgan fingerprint density at radius 2 is 1.96 bits per heavy atom. The number of guanidine groups is 1. The maximum Gasteiger partial charge on any atom is 0.191 e. The second-order valence-electron chi connectivity index (χ2n) is 5.98. The molecule has 2 N–H and O–H groups in total. The van der Waals surface area contributed by atoms with Crippen molar-refractivity contribution in [3.8, 4) is 5.75 Å². The molecule has 0 aliphatic rings. The Hall–Kier alpha value is -1.77. The molecule has 1 aromatic heterocycles. The van der Waals surface area contributed by atoms with E-state index in [9.17, 15) is 0 Å². The average molecular weight is 457 g/mol. The van der Waals surface area contributed by atoms with Crippen LogP contribution in [0.3, 0.4) is 0 Å². The third-order valence-corrected chi connectivity index (χ3v) is 3.64. The van der Waals surface area contributed by atoms with Crippen LogP contribution < -0.4 is 15.4 Å². The number of imidazole rings is 1. The number of methoxy groups -OCH3 is 1. The molecule has 0 fully saturated rings. The van der Waals surface area contributed by atoms with Crippen LogP contribution in [0.2, 0.25) is 0 Å². The summed E-state index contributed by atoms with van der Waals surface area (Å²) in [5, 5.41) is 6.61. The quantitative estimate of drug-likeness (QED) is 0.381. The zero-order valence-corrected chi connectivity index (χ0v) is 17.7. The van der Waals surface area contributed by atoms with Crippen LogP contribution in [0, 0.1) is 5.92 Å². The van der Waals surface area contributed by atoms with E-state index in [-0.39, 0.29) is 24.0 Å². The standard InChI is InChI=1S/C18H27N5O.HI/c1-14(2)13-23-10-9-20-17(23)12-22-18(19-3)21-11-15-7-5-6-8-16(15)24-4;/h5-10,14H,11-13H2,1-4H3,(H2,19,21,22);1H. The predicted molar refractivity (Wildman–Crippen MR) is 113 cm³/mol. The first-order valence-corrected chi connectivity index (χ1v) is 8.20. The second-order valence-corrected chi connectivity index (χ2v) is 5.98. The maximum absolute atomic E-state index is 5.37. The van der Waals surface area contributed by atoms with Crippen molar-refractivity contribution in [3.05, 3.63) is 48.0 Å². The number of nitrogens with zero attached hydrogens (tertiary/aromatic N) is 3. The van der Waals surface area contributed by atoms with Crippen LogP contribution in [0.25, 0.3) is 0 Å². The molecule has 6 nitrogen and oxygen atoms in total. The molecule has 0 aliphatic carbocycles. The van der Waals surface area contributed by atoms with Crippen LogP contribution in [0.4, 0.5) is 0 Å². The summed E-state index contributed by atoms with van der Waals surface area (Å²) in [6, 6.07) is 7.95. The van der Waals surface area contributed by atoms with Crippen LogP contribution in [-0.4, -0.2) is 29.7 Å². The molecule has 0 atom stereocenters. The molecule has 2 aromatic rings. The van der Waals surface area contributed by atoms with Crippen LogP contribution in [0.1, 0.15) is 25.2 Å². The number of rotatable bonds is 7. The first-order chi connectivity index (χ1) is 11.6. The van der Waals surface area contributed by atoms with Gasteiger partial charge in [-0.1, -0.05) is 32.0 Å². The van der Waals surface area contributed by atoms with Crippen molar-refractivity contribution in [3.63, 3.8) is 0 Å². The maximum atomic E-state index is 5.37. The monoisotopic (exact) mass is 457 g/mol. The van der Waals surface area contributed by atoms with Crippen molar-refractivity contribution in [2.75, 3.05) is 14.2 Å². The fraction of sp³-hybridized carbons (Fsp3) is 0.444. The van der Waals surface area contributed by atoms with Gasteiger partial charge in [0.1, 0.15) is 11.6 Å². The van der Waals surface area contributed by atoms with Crippen molar-refractivity contribution in [2.45, 2.75) is 33.5 Å². The largest absolute Gasteiger partial charge is 0.496 e. The molecule has 25 heavy (non-hydrogen) atoms. The highest BCUT2D eigenvalue weighted by molar-refractivity contribution is 14.0. The number of halogens is 1. The lowest BCUT2D eigenvalue weighted by atomic mass is 10.2. The molecule has 0 aliphatic heterocycles. The number of ether oxygens (including phenoxy) is 1. The summed E-state index contributed by atoms with van der Waals surface area (Å²) in [6.07, 6.45) is 3.85. The second kappa shape index (κ2) is 11.0. The Bertz CT molecular complexity index is 669. The molecular weight excluding hydrogens is 429 g/mol. The van der Waals surface area contributed by atoms with Gasteiger partial charge in [0.25, 0.3) is 0 Å². The predicted octanol–water partition coefficient (Wildman–Crippen LogP) is 3.03. The molecule has 1 heterocycles. The zero-order chi connectivity index (χ0) is 17.4. The van der Waals surface area contributed by atoms with Crippen molar-refractivity contribution in [2.24, 2.45) is 10.9 Å². The molecule has 0 spiro atoms. The number of hydrogen-bond acceptors (Lipinski definition) is 3. The van der Waals surface area contributed by atoms with Gasteiger partial charge in [-0.2, -0.15) is 0 Å². The van der Waals surface area contributed by atoms with Gasteiger partial charge in [0.15, 0.2) is 5.96 Å². The summed E-state index contributed by atoms with van der Waals surface area (Å²) < 4.78 is 7.54. The van der Waals surface area contributed by atoms with E-state index < -0.39 is 0 Å². The van der Waals surface area contributed by atoms with E-state index in [0.29, 0.717) is 19.0 Å². The van der Waals surface area contributed by atoms with Gasteiger partial charge in [0, 0.05) is 38.1 Å². The van der Waals surface area contributed by atoms with Gasteiger partial charge in [-0.15, -0.1) is 24.0 Å². The smallest absolute Gasteiger partial charge is 0.191 e. The van der Waals surface area contributed by atoms with E-state index in [0.717, 1.165) is 29.6 Å². The van der Waals surface area contributed by atoms with E-state index in [1.54, 1.807) is 14.2 Å². The molecule has 0 saturated carbocycles. The normalized spacial score (nSPS) is 11.2. The van der Waals surface area contributed by atoms with E-state index in [2.05, 4.69) is 39.0 Å². The molecule has 138 valence electrons. The Morgan fingerprint density at radius 1 is 1.24 bits per heavy atom. The van der Waals surface area contributed by atoms with E-state index in [4.69, 9.17) is 4.74 Å². The fourth-order valence-electron chi connectivity index (χ4n) is 2.48. The number of benzene rings is 1. The van der Waals surface area contributed by atoms with Crippen LogP contribution in [-0.2, 0) is 19.6 Å². The molecule has 0 amide bonds. The minimum atomic E-state index is 0. The highest BCUT2D eigenvalue weighted by Crippen LogP contribution is 2.16. The zero-order valence-electron chi connectivity index (χ0n) is 15.3. The van der Waals surface area contributed by atoms with Gasteiger partial charge < -0.3 is 19.9 Å². The van der Waals surface area contributed by atoms with Gasteiger partial charge in [0.2, 0.25) is 0 Å². The first-order valence-electron chi connectivity index (χ1n) is 8.20. The topological polar surface area (TPSA) is 63.5 Å². The Kier molecular flexibility index (Phi) is 9.33. The lowest BCUT2D eigenvalue weighted by molar-refractivity contribution is 0.409. The van der Waals surface area contributed by atoms with Gasteiger partial charge >= 0.3 is 0 Å². The summed E-state index contributed by atoms with van der Waals surface area (Å²) in [7, 11) is 3.44. The van der Waals surface area contributed by atoms with Crippen molar-refractivity contribution in [1.82, 2.24) is 20.2 Å². The van der Waals surface area contributed by atoms with Gasteiger partial charge in [0.05, 0.1) is 13.7 Å². The Labute approximate surface area is 167 Å². The molecule has 7 heteroatoms. The molecule has 0 saturated heterocycles. The lowest BCUT2D eigenvalue weighted by Gasteiger charge is -2.15. The number of nitrogens with one attached hydrogen (secondary N) is 2. The summed E-state index contributed by atoms with van der Waals surface area (Å²) in [5.74, 6) is 3.19. The Morgan fingerprint density at radius 3 is 2.64 bits per heavy atom. The van der Waals surface area contributed by atoms with Crippen molar-refractivity contribution >= 4 is 29.9 Å². The van der Waals surface area contributed by atoms with Crippen molar-refractivity contribution in [1.29, 1.82) is 0 Å². The minimum Gasteiger partial charge on any atom is -0.496 e. The average Bonchev–Trinajstić information content (AvgIpc) is 3.01. The number of aliphatic imine (C=N–C) groups is 1. The fourth-order valence-corrected chi connectivity index (χ4v) is 2.48. The summed E-state index contributed by atoms with van der Waals surface area (Å²) in [4.78, 5) is 8.68. The molecule has 2 rings (SSSR count). The highest BCUT2D eigenvalue weighted by Gasteiger charge is 2.07. The van der Waals surface area contributed by atoms with Gasteiger partial charge in [-0.05, 0) is 12.0 Å². The van der Waals surface area contributed by atoms with Gasteiger partial charge in [-0.25, -0.2) is 4.98 Å². The van der Waals surface area contributed by atoms with Crippen LogP contribution in [0.5, 0.6) is 5.75 Å². The molecule has 0 radical (unpaired) electrons. The van der Waals surface area contributed by atoms with E-state index in [1.807, 2.05) is 36.7 Å². The number of para-hydroxylation sites is 1. The highest BCUT2D eigenvalue weighted by atomic mass is 127. The van der Waals surface area contributed by atoms with Crippen LogP contribution in [0.15, 0.2) is 41.7 Å². The van der Waals surface area contributed by atoms with E-state index >= 15 is 0 Å². The van der Waals surface area contributed by atoms with Crippen LogP contribution >= 0.6 is 24.0 Å². The SMILES string of the molecule is CN=C(NCc1ccccc1OC)NCc1nccn1CC(C)C.I. The molecule has 0 bridgehead atoms. The minimum absolute atomic E-state index is 0. The summed E-state index contributed by atoms with van der Waals surface area (Å²) in [6.45, 7) is 6.63. The Balaban J connectivity index is 0.00000312. The molecule has 1 aromatic carbocycles. The number of aromatic nitrogens is 2. The third kappa shape index (κ3) is 6.56. The first kappa shape index (κ1) is 21.3.